The van der Waals surface area contributed by atoms with Crippen LogP contribution in [0.3, 0.4) is 0 Å². The van der Waals surface area contributed by atoms with E-state index in [1.54, 1.807) is 11.3 Å². The molecule has 1 saturated carbocycles. The maximum absolute atomic E-state index is 5.80. The van der Waals surface area contributed by atoms with Crippen molar-refractivity contribution in [1.29, 1.82) is 0 Å². The number of hydrogen-bond acceptors (Lipinski definition) is 3. The highest BCUT2D eigenvalue weighted by Gasteiger charge is 2.24. The van der Waals surface area contributed by atoms with Crippen LogP contribution in [0.25, 0.3) is 0 Å². The Hall–Kier alpha value is -0.120. The molecular weight excluding hydrogens is 216 g/mol. The second-order valence-electron chi connectivity index (χ2n) is 3.67. The van der Waals surface area contributed by atoms with Crippen molar-refractivity contribution in [3.05, 3.63) is 16.6 Å². The monoisotopic (exact) mass is 230 g/mol. The predicted octanol–water partition coefficient (Wildman–Crippen LogP) is 2.74. The van der Waals surface area contributed by atoms with E-state index in [1.165, 1.54) is 24.3 Å². The largest absolute Gasteiger partial charge is 0.293 e. The molecule has 0 aliphatic heterocycles. The fraction of sp³-hybridized carbons (Fsp3) is 0.700. The van der Waals surface area contributed by atoms with E-state index in [0.717, 1.165) is 25.0 Å². The van der Waals surface area contributed by atoms with Crippen LogP contribution in [-0.2, 0) is 6.54 Å². The second kappa shape index (κ2) is 5.10. The summed E-state index contributed by atoms with van der Waals surface area (Å²) < 4.78 is 0. The Labute approximate surface area is 93.9 Å². The molecule has 1 aliphatic carbocycles. The number of nitrogens with zero attached hydrogens (tertiary/aromatic N) is 2. The standard InChI is InChI=1S/C10H15ClN2S/c11-4-6-13(9-2-1-3-9)8-10-12-5-7-14-10/h5,7,9H,1-4,6,8H2. The lowest BCUT2D eigenvalue weighted by atomic mass is 9.91. The molecule has 0 bridgehead atoms. The third-order valence-corrected chi connectivity index (χ3v) is 3.72. The Morgan fingerprint density at radius 2 is 2.43 bits per heavy atom. The summed E-state index contributed by atoms with van der Waals surface area (Å²) in [7, 11) is 0. The van der Waals surface area contributed by atoms with E-state index in [-0.39, 0.29) is 0 Å². The van der Waals surface area contributed by atoms with Crippen molar-refractivity contribution in [3.8, 4) is 0 Å². The van der Waals surface area contributed by atoms with Gasteiger partial charge in [-0.05, 0) is 12.8 Å². The summed E-state index contributed by atoms with van der Waals surface area (Å²) in [4.78, 5) is 6.78. The molecule has 2 nitrogen and oxygen atoms in total. The lowest BCUT2D eigenvalue weighted by Gasteiger charge is -2.36. The van der Waals surface area contributed by atoms with Crippen LogP contribution < -0.4 is 0 Å². The van der Waals surface area contributed by atoms with Gasteiger partial charge in [0.15, 0.2) is 0 Å². The first kappa shape index (κ1) is 10.4. The molecule has 0 N–H and O–H groups in total. The highest BCUT2D eigenvalue weighted by atomic mass is 35.5. The number of alkyl halides is 1. The van der Waals surface area contributed by atoms with Gasteiger partial charge in [0.2, 0.25) is 0 Å². The quantitative estimate of drug-likeness (QED) is 0.724. The van der Waals surface area contributed by atoms with Crippen LogP contribution in [0, 0.1) is 0 Å². The third-order valence-electron chi connectivity index (χ3n) is 2.78. The molecule has 1 aromatic rings. The van der Waals surface area contributed by atoms with Gasteiger partial charge in [0.1, 0.15) is 5.01 Å². The van der Waals surface area contributed by atoms with Crippen molar-refractivity contribution in [2.24, 2.45) is 0 Å². The maximum Gasteiger partial charge on any atom is 0.107 e. The Morgan fingerprint density at radius 1 is 1.57 bits per heavy atom. The lowest BCUT2D eigenvalue weighted by molar-refractivity contribution is 0.127. The first-order chi connectivity index (χ1) is 6.90. The van der Waals surface area contributed by atoms with E-state index in [9.17, 15) is 0 Å². The van der Waals surface area contributed by atoms with Gasteiger partial charge in [-0.2, -0.15) is 0 Å². The number of rotatable bonds is 5. The molecule has 0 amide bonds. The summed E-state index contributed by atoms with van der Waals surface area (Å²) in [5, 5.41) is 3.25. The van der Waals surface area contributed by atoms with Crippen molar-refractivity contribution < 1.29 is 0 Å². The van der Waals surface area contributed by atoms with Crippen LogP contribution in [0.1, 0.15) is 24.3 Å². The zero-order chi connectivity index (χ0) is 9.80. The van der Waals surface area contributed by atoms with Gasteiger partial charge in [0.25, 0.3) is 0 Å². The molecule has 0 unspecified atom stereocenters. The Balaban J connectivity index is 1.89. The molecule has 0 saturated heterocycles. The summed E-state index contributed by atoms with van der Waals surface area (Å²) in [6.45, 7) is 1.97. The average molecular weight is 231 g/mol. The SMILES string of the molecule is ClCCN(Cc1nccs1)C1CCC1. The van der Waals surface area contributed by atoms with Crippen molar-refractivity contribution in [2.75, 3.05) is 12.4 Å². The minimum atomic E-state index is 0.724. The van der Waals surface area contributed by atoms with Crippen molar-refractivity contribution in [2.45, 2.75) is 31.8 Å². The van der Waals surface area contributed by atoms with Gasteiger partial charge >= 0.3 is 0 Å². The van der Waals surface area contributed by atoms with Crippen LogP contribution in [-0.4, -0.2) is 28.4 Å². The van der Waals surface area contributed by atoms with Crippen LogP contribution in [0.4, 0.5) is 0 Å². The average Bonchev–Trinajstić information content (AvgIpc) is 2.54. The van der Waals surface area contributed by atoms with Gasteiger partial charge < -0.3 is 0 Å². The van der Waals surface area contributed by atoms with Gasteiger partial charge in [-0.3, -0.25) is 4.90 Å². The first-order valence-electron chi connectivity index (χ1n) is 5.08. The minimum Gasteiger partial charge on any atom is -0.293 e. The van der Waals surface area contributed by atoms with E-state index in [0.29, 0.717) is 0 Å². The summed E-state index contributed by atoms with van der Waals surface area (Å²) in [6, 6.07) is 0.762. The Bertz CT molecular complexity index is 259. The zero-order valence-corrected chi connectivity index (χ0v) is 9.73. The highest BCUT2D eigenvalue weighted by Crippen LogP contribution is 2.26. The van der Waals surface area contributed by atoms with Crippen molar-refractivity contribution in [1.82, 2.24) is 9.88 Å². The zero-order valence-electron chi connectivity index (χ0n) is 8.16. The molecule has 4 heteroatoms. The van der Waals surface area contributed by atoms with Gasteiger partial charge in [0, 0.05) is 30.0 Å². The lowest BCUT2D eigenvalue weighted by Crippen LogP contribution is -2.40. The molecule has 0 aromatic carbocycles. The van der Waals surface area contributed by atoms with Gasteiger partial charge in [-0.15, -0.1) is 22.9 Å². The van der Waals surface area contributed by atoms with E-state index in [4.69, 9.17) is 11.6 Å². The maximum atomic E-state index is 5.80. The Kier molecular flexibility index (Phi) is 3.79. The predicted molar refractivity (Wildman–Crippen MR) is 60.9 cm³/mol. The molecule has 1 aliphatic rings. The molecule has 0 spiro atoms. The molecule has 1 heterocycles. The molecule has 0 atom stereocenters. The summed E-state index contributed by atoms with van der Waals surface area (Å²) in [5.74, 6) is 0.724. The highest BCUT2D eigenvalue weighted by molar-refractivity contribution is 7.09. The van der Waals surface area contributed by atoms with E-state index in [1.807, 2.05) is 11.6 Å². The number of thiazole rings is 1. The molecule has 2 rings (SSSR count). The van der Waals surface area contributed by atoms with E-state index >= 15 is 0 Å². The minimum absolute atomic E-state index is 0.724. The third kappa shape index (κ3) is 2.47. The van der Waals surface area contributed by atoms with E-state index in [2.05, 4.69) is 9.88 Å². The smallest absolute Gasteiger partial charge is 0.107 e. The van der Waals surface area contributed by atoms with Gasteiger partial charge in [-0.25, -0.2) is 4.98 Å². The molecule has 1 aromatic heterocycles. The summed E-state index contributed by atoms with van der Waals surface area (Å²) in [6.07, 6.45) is 5.92. The normalized spacial score (nSPS) is 17.3. The first-order valence-corrected chi connectivity index (χ1v) is 6.50. The summed E-state index contributed by atoms with van der Waals surface area (Å²) in [5.41, 5.74) is 0. The molecule has 14 heavy (non-hydrogen) atoms. The molecular formula is C10H15ClN2S. The van der Waals surface area contributed by atoms with Crippen LogP contribution in [0.2, 0.25) is 0 Å². The molecule has 1 fully saturated rings. The fourth-order valence-corrected chi connectivity index (χ4v) is 2.61. The number of halogens is 1. The van der Waals surface area contributed by atoms with Crippen molar-refractivity contribution >= 4 is 22.9 Å². The molecule has 78 valence electrons. The van der Waals surface area contributed by atoms with Gasteiger partial charge in [-0.1, -0.05) is 6.42 Å². The van der Waals surface area contributed by atoms with Crippen LogP contribution in [0.15, 0.2) is 11.6 Å². The second-order valence-corrected chi connectivity index (χ2v) is 5.03. The Morgan fingerprint density at radius 3 is 2.93 bits per heavy atom. The number of aromatic nitrogens is 1. The molecule has 0 radical (unpaired) electrons. The summed E-state index contributed by atoms with van der Waals surface area (Å²) >= 11 is 7.54. The van der Waals surface area contributed by atoms with Gasteiger partial charge in [0.05, 0.1) is 6.54 Å². The fourth-order valence-electron chi connectivity index (χ4n) is 1.76. The van der Waals surface area contributed by atoms with Crippen LogP contribution >= 0.6 is 22.9 Å². The van der Waals surface area contributed by atoms with Crippen molar-refractivity contribution in [3.63, 3.8) is 0 Å². The van der Waals surface area contributed by atoms with Crippen LogP contribution in [0.5, 0.6) is 0 Å². The topological polar surface area (TPSA) is 16.1 Å². The number of hydrogen-bond donors (Lipinski definition) is 0. The van der Waals surface area contributed by atoms with E-state index < -0.39 is 0 Å².